The van der Waals surface area contributed by atoms with Crippen LogP contribution in [0.25, 0.3) is 22.3 Å². The van der Waals surface area contributed by atoms with E-state index in [2.05, 4.69) is 61.6 Å². The zero-order valence-electron chi connectivity index (χ0n) is 18.1. The molecule has 0 bridgehead atoms. The maximum absolute atomic E-state index is 10.5. The molecule has 4 heterocycles. The first-order chi connectivity index (χ1) is 13.8. The maximum atomic E-state index is 10.5. The van der Waals surface area contributed by atoms with Gasteiger partial charge in [-0.05, 0) is 56.1 Å². The Morgan fingerprint density at radius 3 is 2.52 bits per heavy atom. The molecule has 6 nitrogen and oxygen atoms in total. The van der Waals surface area contributed by atoms with Crippen molar-refractivity contribution in [2.75, 3.05) is 27.2 Å². The molecule has 1 saturated heterocycles. The van der Waals surface area contributed by atoms with E-state index in [0.29, 0.717) is 18.3 Å². The van der Waals surface area contributed by atoms with Crippen LogP contribution >= 0.6 is 0 Å². The number of aryl methyl sites for hydroxylation is 2. The van der Waals surface area contributed by atoms with Gasteiger partial charge < -0.3 is 19.3 Å². The monoisotopic (exact) mass is 394 g/mol. The fraction of sp³-hybridized carbons (Fsp3) is 0.478. The van der Waals surface area contributed by atoms with Gasteiger partial charge in [0.1, 0.15) is 0 Å². The number of methoxy groups -OCH3 is 1. The molecule has 1 fully saturated rings. The van der Waals surface area contributed by atoms with Gasteiger partial charge in [-0.1, -0.05) is 13.8 Å². The van der Waals surface area contributed by atoms with E-state index in [1.54, 1.807) is 7.11 Å². The molecule has 1 aliphatic heterocycles. The molecule has 0 amide bonds. The first kappa shape index (κ1) is 19.9. The van der Waals surface area contributed by atoms with E-state index in [-0.39, 0.29) is 12.1 Å². The van der Waals surface area contributed by atoms with E-state index < -0.39 is 0 Å². The minimum atomic E-state index is -0.372. The lowest BCUT2D eigenvalue weighted by Gasteiger charge is -2.18. The van der Waals surface area contributed by atoms with E-state index in [1.807, 2.05) is 7.05 Å². The molecule has 29 heavy (non-hydrogen) atoms. The van der Waals surface area contributed by atoms with Crippen molar-refractivity contribution in [3.63, 3.8) is 0 Å². The van der Waals surface area contributed by atoms with Crippen molar-refractivity contribution in [1.82, 2.24) is 19.4 Å². The summed E-state index contributed by atoms with van der Waals surface area (Å²) in [6, 6.07) is 6.33. The highest BCUT2D eigenvalue weighted by Crippen LogP contribution is 2.35. The van der Waals surface area contributed by atoms with E-state index in [0.717, 1.165) is 45.7 Å². The quantitative estimate of drug-likeness (QED) is 0.731. The molecule has 6 heteroatoms. The molecule has 3 aromatic rings. The number of likely N-dealkylation sites (N-methyl/N-ethyl adjacent to an activating group) is 1. The SMILES string of the molecule is COc1nc(C(C)C)ccc1-c1nc2c(C)cn([C@@H]3CN(C)C[C@@H]3O)c2cc1C. The number of hydrogen-bond donors (Lipinski definition) is 1. The van der Waals surface area contributed by atoms with E-state index >= 15 is 0 Å². The van der Waals surface area contributed by atoms with Crippen LogP contribution in [-0.2, 0) is 0 Å². The number of rotatable bonds is 4. The summed E-state index contributed by atoms with van der Waals surface area (Å²) in [7, 11) is 3.70. The van der Waals surface area contributed by atoms with E-state index in [9.17, 15) is 5.11 Å². The summed E-state index contributed by atoms with van der Waals surface area (Å²) in [4.78, 5) is 11.9. The van der Waals surface area contributed by atoms with Gasteiger partial charge in [-0.2, -0.15) is 0 Å². The van der Waals surface area contributed by atoms with Crippen LogP contribution in [-0.4, -0.2) is 57.9 Å². The number of aliphatic hydroxyl groups excluding tert-OH is 1. The lowest BCUT2D eigenvalue weighted by atomic mass is 10.0. The topological polar surface area (TPSA) is 63.4 Å². The Kier molecular flexibility index (Phi) is 5.09. The van der Waals surface area contributed by atoms with Crippen LogP contribution in [0, 0.1) is 13.8 Å². The summed E-state index contributed by atoms with van der Waals surface area (Å²) in [5.41, 5.74) is 7.00. The number of fused-ring (bicyclic) bond motifs is 1. The van der Waals surface area contributed by atoms with Crippen molar-refractivity contribution in [1.29, 1.82) is 0 Å². The van der Waals surface area contributed by atoms with Crippen molar-refractivity contribution in [2.24, 2.45) is 0 Å². The van der Waals surface area contributed by atoms with E-state index in [1.165, 1.54) is 0 Å². The molecule has 0 unspecified atom stereocenters. The number of nitrogens with zero attached hydrogens (tertiary/aromatic N) is 4. The highest BCUT2D eigenvalue weighted by molar-refractivity contribution is 5.85. The fourth-order valence-electron chi connectivity index (χ4n) is 4.31. The number of pyridine rings is 2. The highest BCUT2D eigenvalue weighted by Gasteiger charge is 2.32. The predicted molar refractivity (Wildman–Crippen MR) is 116 cm³/mol. The summed E-state index contributed by atoms with van der Waals surface area (Å²) < 4.78 is 7.80. The number of β-amino-alcohol motifs (C(OH)–C–C–N with tert-alkyl or cyclic N) is 1. The standard InChI is InChI=1S/C23H30N4O2/c1-13(2)17-8-7-16(23(24-17)29-6)21-14(3)9-18-22(25-21)15(4)10-27(18)19-11-26(5)12-20(19)28/h7-10,13,19-20,28H,11-12H2,1-6H3/t19-,20+/m1/s1. The second-order valence-corrected chi connectivity index (χ2v) is 8.54. The summed E-state index contributed by atoms with van der Waals surface area (Å²) in [5, 5.41) is 10.5. The molecule has 4 rings (SSSR count). The van der Waals surface area contributed by atoms with Crippen molar-refractivity contribution in [3.05, 3.63) is 41.2 Å². The Bertz CT molecular complexity index is 1060. The lowest BCUT2D eigenvalue weighted by Crippen LogP contribution is -2.21. The smallest absolute Gasteiger partial charge is 0.222 e. The normalized spacial score (nSPS) is 20.1. The van der Waals surface area contributed by atoms with Crippen molar-refractivity contribution in [3.8, 4) is 17.1 Å². The molecule has 2 atom stereocenters. The van der Waals surface area contributed by atoms with Crippen molar-refractivity contribution < 1.29 is 9.84 Å². The van der Waals surface area contributed by atoms with Gasteiger partial charge in [-0.15, -0.1) is 0 Å². The maximum Gasteiger partial charge on any atom is 0.222 e. The number of aromatic nitrogens is 3. The number of aliphatic hydroxyl groups is 1. The predicted octanol–water partition coefficient (Wildman–Crippen LogP) is 3.69. The van der Waals surface area contributed by atoms with Crippen LogP contribution in [0.1, 0.15) is 42.6 Å². The molecule has 1 N–H and O–H groups in total. The van der Waals surface area contributed by atoms with Gasteiger partial charge in [0.25, 0.3) is 0 Å². The highest BCUT2D eigenvalue weighted by atomic mass is 16.5. The molecule has 0 aromatic carbocycles. The second kappa shape index (κ2) is 7.43. The minimum absolute atomic E-state index is 0.0461. The van der Waals surface area contributed by atoms with Gasteiger partial charge in [0.15, 0.2) is 0 Å². The zero-order chi connectivity index (χ0) is 20.9. The van der Waals surface area contributed by atoms with E-state index in [4.69, 9.17) is 14.7 Å². The van der Waals surface area contributed by atoms with Gasteiger partial charge >= 0.3 is 0 Å². The molecular weight excluding hydrogens is 364 g/mol. The Hall–Kier alpha value is -2.44. The molecule has 0 spiro atoms. The van der Waals surface area contributed by atoms with Crippen molar-refractivity contribution in [2.45, 2.75) is 45.8 Å². The third-order valence-electron chi connectivity index (χ3n) is 5.90. The van der Waals surface area contributed by atoms with Crippen LogP contribution in [0.15, 0.2) is 24.4 Å². The Morgan fingerprint density at radius 1 is 1.14 bits per heavy atom. The number of ether oxygens (including phenoxy) is 1. The second-order valence-electron chi connectivity index (χ2n) is 8.54. The summed E-state index contributed by atoms with van der Waals surface area (Å²) in [5.74, 6) is 0.942. The first-order valence-electron chi connectivity index (χ1n) is 10.2. The summed E-state index contributed by atoms with van der Waals surface area (Å²) in [6.07, 6.45) is 1.74. The van der Waals surface area contributed by atoms with Crippen molar-refractivity contribution >= 4 is 11.0 Å². The largest absolute Gasteiger partial charge is 0.480 e. The van der Waals surface area contributed by atoms with Gasteiger partial charge in [-0.25, -0.2) is 9.97 Å². The molecule has 1 aliphatic rings. The van der Waals surface area contributed by atoms with Gasteiger partial charge in [0.05, 0.1) is 41.5 Å². The third kappa shape index (κ3) is 3.40. The Labute approximate surface area is 172 Å². The van der Waals surface area contributed by atoms with Gasteiger partial charge in [0, 0.05) is 25.0 Å². The zero-order valence-corrected chi connectivity index (χ0v) is 18.1. The van der Waals surface area contributed by atoms with Crippen LogP contribution < -0.4 is 4.74 Å². The lowest BCUT2D eigenvalue weighted by molar-refractivity contribution is 0.148. The number of hydrogen-bond acceptors (Lipinski definition) is 5. The van der Waals surface area contributed by atoms with Gasteiger partial charge in [-0.3, -0.25) is 0 Å². The number of likely N-dealkylation sites (tertiary alicyclic amines) is 1. The molecular formula is C23H30N4O2. The molecule has 0 saturated carbocycles. The average Bonchev–Trinajstić information content (AvgIpc) is 3.18. The molecule has 0 aliphatic carbocycles. The Morgan fingerprint density at radius 2 is 1.90 bits per heavy atom. The summed E-state index contributed by atoms with van der Waals surface area (Å²) >= 11 is 0. The molecule has 0 radical (unpaired) electrons. The fourth-order valence-corrected chi connectivity index (χ4v) is 4.31. The average molecular weight is 395 g/mol. The molecule has 3 aromatic heterocycles. The van der Waals surface area contributed by atoms with Gasteiger partial charge in [0.2, 0.25) is 5.88 Å². The van der Waals surface area contributed by atoms with Crippen LogP contribution in [0.3, 0.4) is 0 Å². The van der Waals surface area contributed by atoms with Crippen LogP contribution in [0.4, 0.5) is 0 Å². The van der Waals surface area contributed by atoms with Crippen LogP contribution in [0.5, 0.6) is 5.88 Å². The summed E-state index contributed by atoms with van der Waals surface area (Å²) in [6.45, 7) is 9.92. The minimum Gasteiger partial charge on any atom is -0.480 e. The first-order valence-corrected chi connectivity index (χ1v) is 10.2. The Balaban J connectivity index is 1.85. The van der Waals surface area contributed by atoms with Crippen LogP contribution in [0.2, 0.25) is 0 Å². The third-order valence-corrected chi connectivity index (χ3v) is 5.90. The molecule has 154 valence electrons.